The molecule has 0 spiro atoms. The fraction of sp³-hybridized carbons (Fsp3) is 0.0833. The summed E-state index contributed by atoms with van der Waals surface area (Å²) in [7, 11) is -3.88. The molecular formula is C12H9N3O4S. The van der Waals surface area contributed by atoms with Gasteiger partial charge < -0.3 is 4.42 Å². The molecule has 102 valence electrons. The van der Waals surface area contributed by atoms with Gasteiger partial charge in [0, 0.05) is 0 Å². The van der Waals surface area contributed by atoms with Crippen molar-refractivity contribution in [3.05, 3.63) is 53.7 Å². The third kappa shape index (κ3) is 3.43. The highest BCUT2D eigenvalue weighted by molar-refractivity contribution is 7.89. The number of rotatable bonds is 4. The number of hydrogen-bond acceptors (Lipinski definition) is 6. The SMILES string of the molecule is N#Cc1cccc(CS(=O)(=O)NC(=O)c2cocn2)c1. The quantitative estimate of drug-likeness (QED) is 0.891. The number of nitrogens with one attached hydrogen (secondary N) is 1. The maximum absolute atomic E-state index is 11.8. The summed E-state index contributed by atoms with van der Waals surface area (Å²) in [6.45, 7) is 0. The van der Waals surface area contributed by atoms with E-state index in [-0.39, 0.29) is 5.69 Å². The van der Waals surface area contributed by atoms with Gasteiger partial charge in [-0.05, 0) is 17.7 Å². The first-order valence-electron chi connectivity index (χ1n) is 5.42. The summed E-state index contributed by atoms with van der Waals surface area (Å²) < 4.78 is 30.1. The van der Waals surface area contributed by atoms with Crippen molar-refractivity contribution < 1.29 is 17.6 Å². The molecule has 1 aromatic heterocycles. The summed E-state index contributed by atoms with van der Waals surface area (Å²) in [5, 5.41) is 8.74. The van der Waals surface area contributed by atoms with Crippen LogP contribution in [0.5, 0.6) is 0 Å². The third-order valence-electron chi connectivity index (χ3n) is 2.33. The summed E-state index contributed by atoms with van der Waals surface area (Å²) in [4.78, 5) is 15.1. The number of hydrogen-bond donors (Lipinski definition) is 1. The lowest BCUT2D eigenvalue weighted by Crippen LogP contribution is -2.31. The van der Waals surface area contributed by atoms with E-state index in [2.05, 4.69) is 9.40 Å². The second-order valence-electron chi connectivity index (χ2n) is 3.88. The number of nitrogens with zero attached hydrogens (tertiary/aromatic N) is 2. The Morgan fingerprint density at radius 3 is 2.90 bits per heavy atom. The number of amides is 1. The molecule has 0 saturated heterocycles. The lowest BCUT2D eigenvalue weighted by atomic mass is 10.2. The molecule has 0 radical (unpaired) electrons. The molecule has 2 rings (SSSR count). The van der Waals surface area contributed by atoms with Gasteiger partial charge >= 0.3 is 0 Å². The molecule has 7 nitrogen and oxygen atoms in total. The van der Waals surface area contributed by atoms with Crippen LogP contribution in [0.3, 0.4) is 0 Å². The first-order valence-corrected chi connectivity index (χ1v) is 7.07. The highest BCUT2D eigenvalue weighted by Gasteiger charge is 2.18. The van der Waals surface area contributed by atoms with Crippen molar-refractivity contribution in [2.75, 3.05) is 0 Å². The van der Waals surface area contributed by atoms with Gasteiger partial charge in [0.1, 0.15) is 6.26 Å². The Balaban J connectivity index is 2.11. The maximum atomic E-state index is 11.8. The van der Waals surface area contributed by atoms with Crippen LogP contribution in [0.4, 0.5) is 0 Å². The lowest BCUT2D eigenvalue weighted by molar-refractivity contribution is 0.0976. The molecule has 0 unspecified atom stereocenters. The van der Waals surface area contributed by atoms with E-state index >= 15 is 0 Å². The summed E-state index contributed by atoms with van der Waals surface area (Å²) >= 11 is 0. The van der Waals surface area contributed by atoms with Crippen LogP contribution in [0.15, 0.2) is 41.3 Å². The Morgan fingerprint density at radius 2 is 2.25 bits per heavy atom. The van der Waals surface area contributed by atoms with E-state index in [9.17, 15) is 13.2 Å². The monoisotopic (exact) mass is 291 g/mol. The van der Waals surface area contributed by atoms with Gasteiger partial charge in [0.05, 0.1) is 17.4 Å². The van der Waals surface area contributed by atoms with E-state index in [4.69, 9.17) is 5.26 Å². The number of sulfonamides is 1. The van der Waals surface area contributed by atoms with E-state index < -0.39 is 21.7 Å². The second kappa shape index (κ2) is 5.54. The molecule has 0 aliphatic heterocycles. The van der Waals surface area contributed by atoms with Crippen molar-refractivity contribution in [1.82, 2.24) is 9.71 Å². The largest absolute Gasteiger partial charge is 0.451 e. The zero-order valence-electron chi connectivity index (χ0n) is 10.1. The average molecular weight is 291 g/mol. The van der Waals surface area contributed by atoms with Gasteiger partial charge in [-0.3, -0.25) is 4.79 Å². The Kier molecular flexibility index (Phi) is 3.81. The number of carbonyl (C=O) groups excluding carboxylic acids is 1. The summed E-state index contributed by atoms with van der Waals surface area (Å²) in [5.74, 6) is -1.28. The van der Waals surface area contributed by atoms with Gasteiger partial charge in [-0.15, -0.1) is 0 Å². The molecule has 1 heterocycles. The van der Waals surface area contributed by atoms with Gasteiger partial charge in [-0.1, -0.05) is 12.1 Å². The minimum Gasteiger partial charge on any atom is -0.451 e. The topological polar surface area (TPSA) is 113 Å². The molecule has 0 saturated carbocycles. The van der Waals surface area contributed by atoms with E-state index in [1.54, 1.807) is 18.2 Å². The van der Waals surface area contributed by atoms with Crippen molar-refractivity contribution in [3.8, 4) is 6.07 Å². The number of benzene rings is 1. The molecule has 1 aromatic carbocycles. The van der Waals surface area contributed by atoms with Crippen LogP contribution in [0, 0.1) is 11.3 Å². The van der Waals surface area contributed by atoms with Gasteiger partial charge in [0.2, 0.25) is 10.0 Å². The number of nitriles is 1. The third-order valence-corrected chi connectivity index (χ3v) is 3.54. The minimum absolute atomic E-state index is 0.126. The molecule has 1 N–H and O–H groups in total. The number of carbonyl (C=O) groups is 1. The van der Waals surface area contributed by atoms with Crippen LogP contribution in [0.25, 0.3) is 0 Å². The van der Waals surface area contributed by atoms with Gasteiger partial charge in [-0.2, -0.15) is 5.26 Å². The number of oxazole rings is 1. The standard InChI is InChI=1S/C12H9N3O4S/c13-5-9-2-1-3-10(4-9)7-20(17,18)15-12(16)11-6-19-8-14-11/h1-4,6,8H,7H2,(H,15,16). The Bertz CT molecular complexity index is 760. The molecule has 8 heteroatoms. The molecule has 0 fully saturated rings. The number of aromatic nitrogens is 1. The van der Waals surface area contributed by atoms with Crippen LogP contribution in [0.2, 0.25) is 0 Å². The van der Waals surface area contributed by atoms with E-state index in [1.807, 2.05) is 10.8 Å². The zero-order valence-corrected chi connectivity index (χ0v) is 10.9. The van der Waals surface area contributed by atoms with Crippen molar-refractivity contribution >= 4 is 15.9 Å². The van der Waals surface area contributed by atoms with Crippen molar-refractivity contribution in [2.24, 2.45) is 0 Å². The van der Waals surface area contributed by atoms with Crippen LogP contribution in [-0.2, 0) is 15.8 Å². The summed E-state index contributed by atoms with van der Waals surface area (Å²) in [6, 6.07) is 8.04. The maximum Gasteiger partial charge on any atom is 0.286 e. The first-order chi connectivity index (χ1) is 9.50. The van der Waals surface area contributed by atoms with Gasteiger partial charge in [0.25, 0.3) is 5.91 Å². The molecule has 0 aliphatic rings. The Morgan fingerprint density at radius 1 is 1.45 bits per heavy atom. The van der Waals surface area contributed by atoms with Crippen LogP contribution in [0.1, 0.15) is 21.6 Å². The highest BCUT2D eigenvalue weighted by Crippen LogP contribution is 2.08. The molecule has 0 aliphatic carbocycles. The van der Waals surface area contributed by atoms with Crippen LogP contribution >= 0.6 is 0 Å². The smallest absolute Gasteiger partial charge is 0.286 e. The Hall–Kier alpha value is -2.66. The summed E-state index contributed by atoms with van der Waals surface area (Å²) in [6.07, 6.45) is 2.07. The molecular weight excluding hydrogens is 282 g/mol. The van der Waals surface area contributed by atoms with Crippen LogP contribution < -0.4 is 4.72 Å². The predicted octanol–water partition coefficient (Wildman–Crippen LogP) is 0.806. The van der Waals surface area contributed by atoms with E-state index in [1.165, 1.54) is 6.07 Å². The van der Waals surface area contributed by atoms with Gasteiger partial charge in [-0.25, -0.2) is 18.1 Å². The predicted molar refractivity (Wildman–Crippen MR) is 67.8 cm³/mol. The van der Waals surface area contributed by atoms with Crippen molar-refractivity contribution in [3.63, 3.8) is 0 Å². The summed E-state index contributed by atoms with van der Waals surface area (Å²) in [5.41, 5.74) is 0.629. The molecule has 20 heavy (non-hydrogen) atoms. The van der Waals surface area contributed by atoms with Gasteiger partial charge in [0.15, 0.2) is 12.1 Å². The highest BCUT2D eigenvalue weighted by atomic mass is 32.2. The van der Waals surface area contributed by atoms with Crippen molar-refractivity contribution in [1.29, 1.82) is 5.26 Å². The van der Waals surface area contributed by atoms with E-state index in [0.717, 1.165) is 12.7 Å². The molecule has 0 bridgehead atoms. The normalized spacial score (nSPS) is 10.8. The molecule has 2 aromatic rings. The zero-order chi connectivity index (χ0) is 14.6. The van der Waals surface area contributed by atoms with Crippen molar-refractivity contribution in [2.45, 2.75) is 5.75 Å². The first kappa shape index (κ1) is 13.8. The lowest BCUT2D eigenvalue weighted by Gasteiger charge is -2.05. The van der Waals surface area contributed by atoms with Crippen LogP contribution in [-0.4, -0.2) is 19.3 Å². The molecule has 0 atom stereocenters. The fourth-order valence-electron chi connectivity index (χ4n) is 1.50. The molecule has 1 amide bonds. The second-order valence-corrected chi connectivity index (χ2v) is 5.60. The fourth-order valence-corrected chi connectivity index (χ4v) is 2.58. The average Bonchev–Trinajstić information content (AvgIpc) is 2.91. The minimum atomic E-state index is -3.88. The Labute approximate surface area is 114 Å². The van der Waals surface area contributed by atoms with E-state index in [0.29, 0.717) is 11.1 Å².